The van der Waals surface area contributed by atoms with E-state index in [0.717, 1.165) is 32.0 Å². The monoisotopic (exact) mass is 304 g/mol. The molecule has 0 spiro atoms. The zero-order valence-electron chi connectivity index (χ0n) is 12.1. The van der Waals surface area contributed by atoms with Crippen LogP contribution >= 0.6 is 0 Å². The second-order valence-corrected chi connectivity index (χ2v) is 4.68. The molecule has 1 aromatic carbocycles. The molecule has 1 aliphatic heterocycles. The number of carbonyl (C=O) groups excluding carboxylic acids is 1. The molecule has 0 amide bonds. The summed E-state index contributed by atoms with van der Waals surface area (Å²) in [5.74, 6) is 0.132. The van der Waals surface area contributed by atoms with Gasteiger partial charge >= 0.3 is 5.97 Å². The van der Waals surface area contributed by atoms with Gasteiger partial charge in [0, 0.05) is 18.8 Å². The van der Waals surface area contributed by atoms with E-state index < -0.39 is 5.97 Å². The molecule has 0 aliphatic carbocycles. The molecule has 0 unspecified atom stereocenters. The van der Waals surface area contributed by atoms with Crippen LogP contribution in [0.1, 0.15) is 10.5 Å². The van der Waals surface area contributed by atoms with Crippen molar-refractivity contribution in [3.05, 3.63) is 30.0 Å². The second-order valence-electron chi connectivity index (χ2n) is 4.68. The summed E-state index contributed by atoms with van der Waals surface area (Å²) in [6.45, 7) is 3.22. The molecule has 1 aromatic heterocycles. The Bertz CT molecular complexity index is 635. The van der Waals surface area contributed by atoms with E-state index in [4.69, 9.17) is 9.47 Å². The van der Waals surface area contributed by atoms with Crippen LogP contribution in [0.5, 0.6) is 11.6 Å². The first-order valence-electron chi connectivity index (χ1n) is 6.88. The Kier molecular flexibility index (Phi) is 4.19. The maximum absolute atomic E-state index is 11.5. The van der Waals surface area contributed by atoms with Crippen LogP contribution < -0.4 is 9.64 Å². The Morgan fingerprint density at radius 2 is 2.00 bits per heavy atom. The number of esters is 1. The van der Waals surface area contributed by atoms with Crippen LogP contribution in [0.4, 0.5) is 5.69 Å². The van der Waals surface area contributed by atoms with E-state index in [0.29, 0.717) is 5.75 Å². The molecule has 3 rings (SSSR count). The minimum Gasteiger partial charge on any atom is -0.464 e. The number of carbonyl (C=O) groups is 1. The van der Waals surface area contributed by atoms with Gasteiger partial charge in [0.15, 0.2) is 0 Å². The van der Waals surface area contributed by atoms with Crippen molar-refractivity contribution < 1.29 is 19.0 Å². The number of aromatic nitrogens is 3. The molecule has 1 N–H and O–H groups in total. The predicted octanol–water partition coefficient (Wildman–Crippen LogP) is 1.22. The molecular formula is C14H16N4O4. The molecule has 2 heterocycles. The highest BCUT2D eigenvalue weighted by molar-refractivity contribution is 5.89. The summed E-state index contributed by atoms with van der Waals surface area (Å²) in [6.07, 6.45) is 0. The van der Waals surface area contributed by atoms with E-state index in [1.807, 2.05) is 24.3 Å². The molecule has 2 aromatic rings. The van der Waals surface area contributed by atoms with Gasteiger partial charge in [-0.05, 0) is 24.3 Å². The van der Waals surface area contributed by atoms with Gasteiger partial charge in [0.2, 0.25) is 5.69 Å². The number of aromatic amines is 1. The largest absolute Gasteiger partial charge is 0.464 e. The highest BCUT2D eigenvalue weighted by Gasteiger charge is 2.18. The Labute approximate surface area is 127 Å². The maximum Gasteiger partial charge on any atom is 0.364 e. The average Bonchev–Trinajstić information content (AvgIpc) is 3.04. The molecular weight excluding hydrogens is 288 g/mol. The lowest BCUT2D eigenvalue weighted by Gasteiger charge is -2.28. The topological polar surface area (TPSA) is 89.6 Å². The number of H-pyrrole nitrogens is 1. The summed E-state index contributed by atoms with van der Waals surface area (Å²) in [4.78, 5) is 13.7. The maximum atomic E-state index is 11.5. The van der Waals surface area contributed by atoms with Crippen LogP contribution in [0, 0.1) is 0 Å². The first-order chi connectivity index (χ1) is 10.8. The smallest absolute Gasteiger partial charge is 0.364 e. The van der Waals surface area contributed by atoms with Crippen molar-refractivity contribution >= 4 is 11.7 Å². The standard InChI is InChI=1S/C14H16N4O4/c1-20-14(19)12-13(16-17-15-12)22-11-4-2-10(3-5-11)18-6-8-21-9-7-18/h2-5H,6-9H2,1H3,(H,15,16,17). The highest BCUT2D eigenvalue weighted by atomic mass is 16.5. The first kappa shape index (κ1) is 14.3. The summed E-state index contributed by atoms with van der Waals surface area (Å²) >= 11 is 0. The minimum absolute atomic E-state index is 0.0137. The molecule has 1 saturated heterocycles. The van der Waals surface area contributed by atoms with Crippen LogP contribution in [0.2, 0.25) is 0 Å². The van der Waals surface area contributed by atoms with Crippen molar-refractivity contribution in [2.75, 3.05) is 38.3 Å². The van der Waals surface area contributed by atoms with Gasteiger partial charge < -0.3 is 19.1 Å². The van der Waals surface area contributed by atoms with Gasteiger partial charge in [-0.3, -0.25) is 0 Å². The van der Waals surface area contributed by atoms with Gasteiger partial charge in [0.05, 0.1) is 20.3 Å². The normalized spacial score (nSPS) is 14.7. The summed E-state index contributed by atoms with van der Waals surface area (Å²) in [6, 6.07) is 7.57. The fourth-order valence-electron chi connectivity index (χ4n) is 2.18. The van der Waals surface area contributed by atoms with Gasteiger partial charge in [-0.25, -0.2) is 9.89 Å². The molecule has 1 aliphatic rings. The fraction of sp³-hybridized carbons (Fsp3) is 0.357. The number of benzene rings is 1. The highest BCUT2D eigenvalue weighted by Crippen LogP contribution is 2.25. The van der Waals surface area contributed by atoms with Crippen LogP contribution in [0.25, 0.3) is 0 Å². The Morgan fingerprint density at radius 3 is 2.68 bits per heavy atom. The summed E-state index contributed by atoms with van der Waals surface area (Å²) < 4.78 is 15.5. The molecule has 8 nitrogen and oxygen atoms in total. The lowest BCUT2D eigenvalue weighted by molar-refractivity contribution is 0.0591. The van der Waals surface area contributed by atoms with Gasteiger partial charge in [0.25, 0.3) is 5.88 Å². The number of hydrogen-bond donors (Lipinski definition) is 1. The molecule has 8 heteroatoms. The van der Waals surface area contributed by atoms with Crippen LogP contribution in [-0.4, -0.2) is 54.8 Å². The Balaban J connectivity index is 1.71. The third kappa shape index (κ3) is 3.01. The molecule has 22 heavy (non-hydrogen) atoms. The van der Waals surface area contributed by atoms with E-state index in [9.17, 15) is 4.79 Å². The van der Waals surface area contributed by atoms with E-state index in [1.54, 1.807) is 0 Å². The van der Waals surface area contributed by atoms with Crippen molar-refractivity contribution in [2.45, 2.75) is 0 Å². The molecule has 0 saturated carbocycles. The van der Waals surface area contributed by atoms with Gasteiger partial charge in [-0.2, -0.15) is 0 Å². The van der Waals surface area contributed by atoms with Crippen molar-refractivity contribution in [1.82, 2.24) is 15.4 Å². The van der Waals surface area contributed by atoms with Crippen molar-refractivity contribution in [3.8, 4) is 11.6 Å². The van der Waals surface area contributed by atoms with Crippen molar-refractivity contribution in [3.63, 3.8) is 0 Å². The third-order valence-corrected chi connectivity index (χ3v) is 3.33. The molecule has 0 bridgehead atoms. The SMILES string of the molecule is COC(=O)c1nn[nH]c1Oc1ccc(N2CCOCC2)cc1. The number of nitrogens with zero attached hydrogens (tertiary/aromatic N) is 3. The van der Waals surface area contributed by atoms with Gasteiger partial charge in [0.1, 0.15) is 5.75 Å². The van der Waals surface area contributed by atoms with E-state index in [2.05, 4.69) is 25.0 Å². The number of ether oxygens (including phenoxy) is 3. The van der Waals surface area contributed by atoms with Crippen LogP contribution in [-0.2, 0) is 9.47 Å². The first-order valence-corrected chi connectivity index (χ1v) is 6.88. The number of nitrogens with one attached hydrogen (secondary N) is 1. The van der Waals surface area contributed by atoms with Crippen molar-refractivity contribution in [2.24, 2.45) is 0 Å². The summed E-state index contributed by atoms with van der Waals surface area (Å²) in [7, 11) is 1.28. The van der Waals surface area contributed by atoms with E-state index >= 15 is 0 Å². The zero-order valence-corrected chi connectivity index (χ0v) is 12.1. The van der Waals surface area contributed by atoms with E-state index in [1.165, 1.54) is 7.11 Å². The fourth-order valence-corrected chi connectivity index (χ4v) is 2.18. The zero-order chi connectivity index (χ0) is 15.4. The number of morpholine rings is 1. The van der Waals surface area contributed by atoms with Crippen LogP contribution in [0.3, 0.4) is 0 Å². The Morgan fingerprint density at radius 1 is 1.27 bits per heavy atom. The quantitative estimate of drug-likeness (QED) is 0.849. The summed E-state index contributed by atoms with van der Waals surface area (Å²) in [5.41, 5.74) is 1.12. The number of anilines is 1. The average molecular weight is 304 g/mol. The number of rotatable bonds is 4. The van der Waals surface area contributed by atoms with Crippen LogP contribution in [0.15, 0.2) is 24.3 Å². The predicted molar refractivity (Wildman–Crippen MR) is 77.3 cm³/mol. The lowest BCUT2D eigenvalue weighted by atomic mass is 10.2. The lowest BCUT2D eigenvalue weighted by Crippen LogP contribution is -2.36. The molecule has 0 atom stereocenters. The molecule has 1 fully saturated rings. The van der Waals surface area contributed by atoms with Gasteiger partial charge in [-0.1, -0.05) is 5.21 Å². The third-order valence-electron chi connectivity index (χ3n) is 3.33. The van der Waals surface area contributed by atoms with Crippen molar-refractivity contribution in [1.29, 1.82) is 0 Å². The summed E-state index contributed by atoms with van der Waals surface area (Å²) in [5, 5.41) is 9.74. The number of methoxy groups -OCH3 is 1. The molecule has 116 valence electrons. The van der Waals surface area contributed by atoms with E-state index in [-0.39, 0.29) is 11.6 Å². The molecule has 0 radical (unpaired) electrons. The Hall–Kier alpha value is -2.61. The van der Waals surface area contributed by atoms with Gasteiger partial charge in [-0.15, -0.1) is 5.10 Å². The minimum atomic E-state index is -0.603. The second kappa shape index (κ2) is 6.44. The number of hydrogen-bond acceptors (Lipinski definition) is 7.